The molecule has 1 nitrogen and oxygen atoms in total. The van der Waals surface area contributed by atoms with Crippen LogP contribution in [0.5, 0.6) is 0 Å². The number of rotatable bonds is 6. The average molecular weight is 294 g/mol. The largest absolute Gasteiger partial charge is 0.381 e. The van der Waals surface area contributed by atoms with Crippen molar-refractivity contribution in [1.29, 1.82) is 0 Å². The van der Waals surface area contributed by atoms with Gasteiger partial charge in [-0.1, -0.05) is 35.9 Å². The maximum absolute atomic E-state index is 5.97. The fourth-order valence-corrected chi connectivity index (χ4v) is 2.31. The quantitative estimate of drug-likeness (QED) is 0.729. The summed E-state index contributed by atoms with van der Waals surface area (Å²) in [5.41, 5.74) is 3.63. The molecule has 2 aromatic rings. The number of nitrogens with one attached hydrogen (secondary N) is 1. The minimum absolute atomic E-state index is 0.709. The van der Waals surface area contributed by atoms with Crippen molar-refractivity contribution in [3.05, 3.63) is 64.7 Å². The van der Waals surface area contributed by atoms with Crippen molar-refractivity contribution >= 4 is 28.9 Å². The van der Waals surface area contributed by atoms with E-state index in [1.165, 1.54) is 11.1 Å². The van der Waals surface area contributed by atoms with Crippen LogP contribution in [-0.4, -0.2) is 5.88 Å². The molecule has 0 bridgehead atoms. The van der Waals surface area contributed by atoms with Crippen LogP contribution in [0.15, 0.2) is 48.5 Å². The second-order valence-electron chi connectivity index (χ2n) is 4.48. The van der Waals surface area contributed by atoms with Crippen LogP contribution in [-0.2, 0) is 13.0 Å². The van der Waals surface area contributed by atoms with E-state index < -0.39 is 0 Å². The van der Waals surface area contributed by atoms with Gasteiger partial charge in [0.25, 0.3) is 0 Å². The minimum Gasteiger partial charge on any atom is -0.381 e. The summed E-state index contributed by atoms with van der Waals surface area (Å²) >= 11 is 11.7. The van der Waals surface area contributed by atoms with E-state index in [0.29, 0.717) is 5.88 Å². The first-order chi connectivity index (χ1) is 9.28. The normalized spacial score (nSPS) is 10.4. The van der Waals surface area contributed by atoms with Crippen molar-refractivity contribution < 1.29 is 0 Å². The van der Waals surface area contributed by atoms with Crippen LogP contribution < -0.4 is 5.32 Å². The lowest BCUT2D eigenvalue weighted by Gasteiger charge is -2.08. The van der Waals surface area contributed by atoms with Gasteiger partial charge in [0.1, 0.15) is 0 Å². The van der Waals surface area contributed by atoms with E-state index in [-0.39, 0.29) is 0 Å². The lowest BCUT2D eigenvalue weighted by atomic mass is 10.1. The van der Waals surface area contributed by atoms with Crippen LogP contribution in [0.4, 0.5) is 5.69 Å². The Morgan fingerprint density at radius 1 is 0.947 bits per heavy atom. The van der Waals surface area contributed by atoms with Crippen LogP contribution in [0, 0.1) is 0 Å². The van der Waals surface area contributed by atoms with Crippen LogP contribution >= 0.6 is 23.2 Å². The predicted octanol–water partition coefficient (Wildman–Crippen LogP) is 5.12. The molecule has 0 radical (unpaired) electrons. The molecule has 0 aromatic heterocycles. The van der Waals surface area contributed by atoms with Gasteiger partial charge in [0.05, 0.1) is 0 Å². The molecule has 0 amide bonds. The van der Waals surface area contributed by atoms with Gasteiger partial charge in [0.15, 0.2) is 0 Å². The van der Waals surface area contributed by atoms with E-state index in [9.17, 15) is 0 Å². The van der Waals surface area contributed by atoms with Gasteiger partial charge in [-0.3, -0.25) is 0 Å². The Hall–Kier alpha value is -1.18. The molecule has 0 aliphatic carbocycles. The average Bonchev–Trinajstić information content (AvgIpc) is 2.43. The van der Waals surface area contributed by atoms with E-state index >= 15 is 0 Å². The third-order valence-corrected chi connectivity index (χ3v) is 3.41. The number of benzene rings is 2. The highest BCUT2D eigenvalue weighted by Crippen LogP contribution is 2.15. The molecule has 19 heavy (non-hydrogen) atoms. The van der Waals surface area contributed by atoms with Gasteiger partial charge < -0.3 is 5.32 Å². The molecule has 0 heterocycles. The van der Waals surface area contributed by atoms with Gasteiger partial charge in [-0.2, -0.15) is 0 Å². The van der Waals surface area contributed by atoms with E-state index in [1.807, 2.05) is 18.2 Å². The third-order valence-electron chi connectivity index (χ3n) is 2.91. The summed E-state index contributed by atoms with van der Waals surface area (Å²) in [5.74, 6) is 0.709. The van der Waals surface area contributed by atoms with Crippen LogP contribution in [0.1, 0.15) is 17.5 Å². The van der Waals surface area contributed by atoms with Crippen molar-refractivity contribution in [3.8, 4) is 0 Å². The smallest absolute Gasteiger partial charge is 0.0409 e. The highest BCUT2D eigenvalue weighted by atomic mass is 35.5. The fraction of sp³-hybridized carbons (Fsp3) is 0.250. The maximum Gasteiger partial charge on any atom is 0.0409 e. The zero-order valence-electron chi connectivity index (χ0n) is 10.7. The van der Waals surface area contributed by atoms with Gasteiger partial charge in [-0.15, -0.1) is 11.6 Å². The highest BCUT2D eigenvalue weighted by molar-refractivity contribution is 6.30. The van der Waals surface area contributed by atoms with Gasteiger partial charge in [0, 0.05) is 23.1 Å². The van der Waals surface area contributed by atoms with Crippen molar-refractivity contribution in [1.82, 2.24) is 0 Å². The topological polar surface area (TPSA) is 12.0 Å². The summed E-state index contributed by atoms with van der Waals surface area (Å²) in [5, 5.41) is 4.19. The number of anilines is 1. The fourth-order valence-electron chi connectivity index (χ4n) is 1.96. The molecule has 1 N–H and O–H groups in total. The summed E-state index contributed by atoms with van der Waals surface area (Å²) in [7, 11) is 0. The molecular weight excluding hydrogens is 277 g/mol. The Morgan fingerprint density at radius 3 is 2.53 bits per heavy atom. The second-order valence-corrected chi connectivity index (χ2v) is 5.29. The standard InChI is InChI=1S/C16H17Cl2N/c17-9-3-6-13-4-2-8-16(11-13)19-12-14-5-1-7-15(18)10-14/h1-2,4-5,7-8,10-11,19H,3,6,9,12H2. The first-order valence-electron chi connectivity index (χ1n) is 6.41. The van der Waals surface area contributed by atoms with E-state index in [4.69, 9.17) is 23.2 Å². The monoisotopic (exact) mass is 293 g/mol. The first-order valence-corrected chi connectivity index (χ1v) is 7.32. The summed E-state index contributed by atoms with van der Waals surface area (Å²) in [6, 6.07) is 16.4. The van der Waals surface area contributed by atoms with E-state index in [2.05, 4.69) is 35.6 Å². The molecule has 0 saturated heterocycles. The Bertz CT molecular complexity index is 526. The van der Waals surface area contributed by atoms with Crippen molar-refractivity contribution in [3.63, 3.8) is 0 Å². The van der Waals surface area contributed by atoms with Crippen LogP contribution in [0.25, 0.3) is 0 Å². The minimum atomic E-state index is 0.709. The van der Waals surface area contributed by atoms with Gasteiger partial charge in [0.2, 0.25) is 0 Å². The lowest BCUT2D eigenvalue weighted by molar-refractivity contribution is 0.928. The molecule has 0 unspecified atom stereocenters. The number of halogens is 2. The molecular formula is C16H17Cl2N. The molecule has 0 aliphatic rings. The highest BCUT2D eigenvalue weighted by Gasteiger charge is 1.98. The molecule has 2 aromatic carbocycles. The molecule has 3 heteroatoms. The Kier molecular flexibility index (Phi) is 5.56. The van der Waals surface area contributed by atoms with Crippen molar-refractivity contribution in [2.45, 2.75) is 19.4 Å². The zero-order valence-corrected chi connectivity index (χ0v) is 12.2. The molecule has 2 rings (SSSR count). The lowest BCUT2D eigenvalue weighted by Crippen LogP contribution is -1.99. The number of hydrogen-bond donors (Lipinski definition) is 1. The number of aryl methyl sites for hydroxylation is 1. The first kappa shape index (κ1) is 14.2. The SMILES string of the molecule is ClCCCc1cccc(NCc2cccc(Cl)c2)c1. The second kappa shape index (κ2) is 7.42. The number of alkyl halides is 1. The van der Waals surface area contributed by atoms with Crippen LogP contribution in [0.3, 0.4) is 0 Å². The molecule has 0 aliphatic heterocycles. The third kappa shape index (κ3) is 4.77. The van der Waals surface area contributed by atoms with Crippen molar-refractivity contribution in [2.75, 3.05) is 11.2 Å². The molecule has 0 spiro atoms. The molecule has 0 atom stereocenters. The van der Waals surface area contributed by atoms with Gasteiger partial charge >= 0.3 is 0 Å². The number of hydrogen-bond acceptors (Lipinski definition) is 1. The Labute approximate surface area is 124 Å². The zero-order chi connectivity index (χ0) is 13.5. The van der Waals surface area contributed by atoms with Gasteiger partial charge in [-0.25, -0.2) is 0 Å². The summed E-state index contributed by atoms with van der Waals surface area (Å²) in [4.78, 5) is 0. The summed E-state index contributed by atoms with van der Waals surface area (Å²) in [6.07, 6.45) is 2.04. The summed E-state index contributed by atoms with van der Waals surface area (Å²) < 4.78 is 0. The predicted molar refractivity (Wildman–Crippen MR) is 84.3 cm³/mol. The molecule has 0 saturated carbocycles. The van der Waals surface area contributed by atoms with Crippen molar-refractivity contribution in [2.24, 2.45) is 0 Å². The molecule has 0 fully saturated rings. The Balaban J connectivity index is 1.95. The van der Waals surface area contributed by atoms with E-state index in [1.54, 1.807) is 0 Å². The Morgan fingerprint density at radius 2 is 1.74 bits per heavy atom. The molecule has 100 valence electrons. The van der Waals surface area contributed by atoms with E-state index in [0.717, 1.165) is 30.1 Å². The van der Waals surface area contributed by atoms with Gasteiger partial charge in [-0.05, 0) is 48.2 Å². The summed E-state index contributed by atoms with van der Waals surface area (Å²) in [6.45, 7) is 0.777. The maximum atomic E-state index is 5.97. The van der Waals surface area contributed by atoms with Crippen LogP contribution in [0.2, 0.25) is 5.02 Å².